The van der Waals surface area contributed by atoms with E-state index in [0.29, 0.717) is 11.3 Å². The molecule has 1 amide bonds. The maximum atomic E-state index is 12.5. The average molecular weight is 388 g/mol. The lowest BCUT2D eigenvalue weighted by Gasteiger charge is -2.08. The van der Waals surface area contributed by atoms with E-state index in [1.54, 1.807) is 54.6 Å². The van der Waals surface area contributed by atoms with E-state index in [4.69, 9.17) is 11.6 Å². The summed E-state index contributed by atoms with van der Waals surface area (Å²) in [6, 6.07) is 17.4. The second kappa shape index (κ2) is 7.63. The lowest BCUT2D eigenvalue weighted by molar-refractivity contribution is 0.102. The van der Waals surface area contributed by atoms with E-state index in [-0.39, 0.29) is 16.5 Å². The molecule has 6 nitrogen and oxygen atoms in total. The van der Waals surface area contributed by atoms with Gasteiger partial charge in [0.05, 0.1) is 17.0 Å². The van der Waals surface area contributed by atoms with E-state index in [0.717, 1.165) is 6.20 Å². The highest BCUT2D eigenvalue weighted by Crippen LogP contribution is 2.19. The number of hydrogen-bond donors (Lipinski definition) is 1. The molecule has 8 heteroatoms. The Labute approximate surface area is 155 Å². The number of rotatable bonds is 5. The molecule has 3 aromatic rings. The van der Waals surface area contributed by atoms with E-state index in [1.165, 1.54) is 0 Å². The Morgan fingerprint density at radius 2 is 1.62 bits per heavy atom. The molecule has 0 aliphatic carbocycles. The van der Waals surface area contributed by atoms with Gasteiger partial charge in [-0.15, -0.1) is 0 Å². The Bertz CT molecular complexity index is 1030. The quantitative estimate of drug-likeness (QED) is 0.678. The number of hydrogen-bond acceptors (Lipinski definition) is 5. The molecule has 1 N–H and O–H groups in total. The first-order valence-corrected chi connectivity index (χ1v) is 9.64. The van der Waals surface area contributed by atoms with Crippen molar-refractivity contribution in [2.45, 2.75) is 10.9 Å². The first kappa shape index (κ1) is 18.0. The van der Waals surface area contributed by atoms with Crippen molar-refractivity contribution >= 4 is 33.0 Å². The minimum Gasteiger partial charge on any atom is -0.321 e. The molecule has 132 valence electrons. The van der Waals surface area contributed by atoms with E-state index in [2.05, 4.69) is 15.3 Å². The van der Waals surface area contributed by atoms with Gasteiger partial charge < -0.3 is 5.32 Å². The first-order chi connectivity index (χ1) is 12.5. The van der Waals surface area contributed by atoms with Crippen LogP contribution in [0.15, 0.2) is 72.0 Å². The maximum Gasteiger partial charge on any atom is 0.275 e. The van der Waals surface area contributed by atoms with Crippen molar-refractivity contribution in [3.05, 3.63) is 83.1 Å². The van der Waals surface area contributed by atoms with Gasteiger partial charge in [0, 0.05) is 5.69 Å². The number of amides is 1. The van der Waals surface area contributed by atoms with Crippen LogP contribution in [0.2, 0.25) is 5.02 Å². The van der Waals surface area contributed by atoms with Gasteiger partial charge in [-0.3, -0.25) is 4.79 Å². The fourth-order valence-electron chi connectivity index (χ4n) is 2.23. The second-order valence-corrected chi connectivity index (χ2v) is 7.70. The molecule has 1 heterocycles. The van der Waals surface area contributed by atoms with Gasteiger partial charge in [0.25, 0.3) is 5.91 Å². The number of halogens is 1. The van der Waals surface area contributed by atoms with Crippen LogP contribution in [0.5, 0.6) is 0 Å². The van der Waals surface area contributed by atoms with Crippen LogP contribution in [0.3, 0.4) is 0 Å². The smallest absolute Gasteiger partial charge is 0.275 e. The summed E-state index contributed by atoms with van der Waals surface area (Å²) < 4.78 is 25.1. The Morgan fingerprint density at radius 3 is 2.27 bits per heavy atom. The number of aromatic nitrogens is 2. The lowest BCUT2D eigenvalue weighted by Crippen LogP contribution is -2.18. The summed E-state index contributed by atoms with van der Waals surface area (Å²) in [7, 11) is -3.82. The van der Waals surface area contributed by atoms with E-state index in [9.17, 15) is 13.2 Å². The third kappa shape index (κ3) is 4.25. The number of carbonyl (C=O) groups is 1. The van der Waals surface area contributed by atoms with Crippen LogP contribution in [-0.2, 0) is 15.6 Å². The zero-order valence-electron chi connectivity index (χ0n) is 13.5. The largest absolute Gasteiger partial charge is 0.321 e. The van der Waals surface area contributed by atoms with E-state index in [1.807, 2.05) is 6.07 Å². The Kier molecular flexibility index (Phi) is 5.29. The van der Waals surface area contributed by atoms with Crippen molar-refractivity contribution in [2.24, 2.45) is 0 Å². The van der Waals surface area contributed by atoms with Crippen LogP contribution in [0, 0.1) is 0 Å². The molecule has 0 atom stereocenters. The van der Waals surface area contributed by atoms with Gasteiger partial charge in [-0.2, -0.15) is 0 Å². The molecule has 0 unspecified atom stereocenters. The number of para-hydroxylation sites is 1. The van der Waals surface area contributed by atoms with E-state index < -0.39 is 20.9 Å². The highest BCUT2D eigenvalue weighted by Gasteiger charge is 2.23. The Hall–Kier alpha value is -2.77. The summed E-state index contributed by atoms with van der Waals surface area (Å²) in [6.07, 6.45) is 1.12. The fourth-order valence-corrected chi connectivity index (χ4v) is 3.61. The predicted octanol–water partition coefficient (Wildman–Crippen LogP) is 3.36. The van der Waals surface area contributed by atoms with Gasteiger partial charge >= 0.3 is 0 Å². The average Bonchev–Trinajstić information content (AvgIpc) is 2.63. The Morgan fingerprint density at radius 1 is 1.00 bits per heavy atom. The van der Waals surface area contributed by atoms with Crippen LogP contribution in [-0.4, -0.2) is 24.3 Å². The highest BCUT2D eigenvalue weighted by molar-refractivity contribution is 7.90. The Balaban J connectivity index is 1.88. The van der Waals surface area contributed by atoms with Gasteiger partial charge in [-0.25, -0.2) is 18.4 Å². The van der Waals surface area contributed by atoms with Crippen LogP contribution >= 0.6 is 11.6 Å². The number of sulfone groups is 1. The molecule has 1 aromatic heterocycles. The summed E-state index contributed by atoms with van der Waals surface area (Å²) in [5.41, 5.74) is 0.944. The van der Waals surface area contributed by atoms with Crippen molar-refractivity contribution in [1.82, 2.24) is 9.97 Å². The fraction of sp³-hybridized carbons (Fsp3) is 0.0556. The second-order valence-electron chi connectivity index (χ2n) is 5.41. The van der Waals surface area contributed by atoms with Crippen LogP contribution in [0.1, 0.15) is 16.1 Å². The molecule has 2 aromatic carbocycles. The highest BCUT2D eigenvalue weighted by atomic mass is 35.5. The van der Waals surface area contributed by atoms with Gasteiger partial charge in [0.15, 0.2) is 5.69 Å². The molecular weight excluding hydrogens is 374 g/mol. The first-order valence-electron chi connectivity index (χ1n) is 7.61. The standard InChI is InChI=1S/C18H14ClN3O3S/c19-15-11-20-18(26(24,25)12-13-7-3-1-4-8-13)22-16(15)17(23)21-14-9-5-2-6-10-14/h1-11H,12H2,(H,21,23). The van der Waals surface area contributed by atoms with Gasteiger partial charge in [0.1, 0.15) is 0 Å². The van der Waals surface area contributed by atoms with Crippen molar-refractivity contribution in [1.29, 1.82) is 0 Å². The molecule has 0 fully saturated rings. The number of nitrogens with one attached hydrogen (secondary N) is 1. The van der Waals surface area contributed by atoms with Crippen molar-refractivity contribution in [2.75, 3.05) is 5.32 Å². The number of anilines is 1. The monoisotopic (exact) mass is 387 g/mol. The maximum absolute atomic E-state index is 12.5. The molecule has 0 radical (unpaired) electrons. The molecule has 26 heavy (non-hydrogen) atoms. The summed E-state index contributed by atoms with van der Waals surface area (Å²) in [5, 5.41) is 2.15. The van der Waals surface area contributed by atoms with Crippen LogP contribution in [0.25, 0.3) is 0 Å². The summed E-state index contributed by atoms with van der Waals surface area (Å²) in [6.45, 7) is 0. The normalized spacial score (nSPS) is 11.1. The number of benzene rings is 2. The molecular formula is C18H14ClN3O3S. The van der Waals surface area contributed by atoms with Crippen molar-refractivity contribution in [3.8, 4) is 0 Å². The van der Waals surface area contributed by atoms with E-state index >= 15 is 0 Å². The van der Waals surface area contributed by atoms with Crippen LogP contribution < -0.4 is 5.32 Å². The van der Waals surface area contributed by atoms with Gasteiger partial charge in [-0.05, 0) is 17.7 Å². The zero-order chi connectivity index (χ0) is 18.6. The summed E-state index contributed by atoms with van der Waals surface area (Å²) in [4.78, 5) is 20.1. The molecule has 3 rings (SSSR count). The molecule has 0 saturated carbocycles. The predicted molar refractivity (Wildman–Crippen MR) is 98.8 cm³/mol. The third-order valence-electron chi connectivity index (χ3n) is 3.45. The van der Waals surface area contributed by atoms with Gasteiger partial charge in [-0.1, -0.05) is 60.1 Å². The summed E-state index contributed by atoms with van der Waals surface area (Å²) >= 11 is 5.99. The van der Waals surface area contributed by atoms with Crippen LogP contribution in [0.4, 0.5) is 5.69 Å². The lowest BCUT2D eigenvalue weighted by atomic mass is 10.2. The van der Waals surface area contributed by atoms with Gasteiger partial charge in [0.2, 0.25) is 15.0 Å². The molecule has 0 bridgehead atoms. The summed E-state index contributed by atoms with van der Waals surface area (Å²) in [5.74, 6) is -0.880. The number of nitrogens with zero attached hydrogens (tertiary/aromatic N) is 2. The molecule has 0 spiro atoms. The molecule has 0 aliphatic heterocycles. The SMILES string of the molecule is O=C(Nc1ccccc1)c1nc(S(=O)(=O)Cc2ccccc2)ncc1Cl. The molecule has 0 saturated heterocycles. The minimum atomic E-state index is -3.82. The topological polar surface area (TPSA) is 89.0 Å². The minimum absolute atomic E-state index is 0.0305. The zero-order valence-corrected chi connectivity index (χ0v) is 15.0. The van der Waals surface area contributed by atoms with Crippen molar-refractivity contribution < 1.29 is 13.2 Å². The number of carbonyl (C=O) groups excluding carboxylic acids is 1. The van der Waals surface area contributed by atoms with Crippen molar-refractivity contribution in [3.63, 3.8) is 0 Å². The molecule has 0 aliphatic rings. The third-order valence-corrected chi connectivity index (χ3v) is 5.19.